The van der Waals surface area contributed by atoms with E-state index in [1.165, 1.54) is 43.4 Å². The molecule has 1 amide bonds. The lowest BCUT2D eigenvalue weighted by Crippen LogP contribution is -2.18. The summed E-state index contributed by atoms with van der Waals surface area (Å²) in [5, 5.41) is 9.01. The first kappa shape index (κ1) is 16.4. The van der Waals surface area contributed by atoms with Crippen molar-refractivity contribution in [1.29, 1.82) is 0 Å². The SMILES string of the molecule is CCNC(C)c1csc(NC(=O)CCC2CCCCC2)n1. The molecule has 0 spiro atoms. The van der Waals surface area contributed by atoms with Crippen molar-refractivity contribution in [2.24, 2.45) is 5.92 Å². The van der Waals surface area contributed by atoms with Crippen LogP contribution in [0.2, 0.25) is 0 Å². The second-order valence-electron chi connectivity index (χ2n) is 5.95. The Labute approximate surface area is 131 Å². The molecular formula is C16H27N3OS. The predicted octanol–water partition coefficient (Wildman–Crippen LogP) is 4.11. The first-order chi connectivity index (χ1) is 10.2. The number of anilines is 1. The van der Waals surface area contributed by atoms with Crippen LogP contribution in [-0.4, -0.2) is 17.4 Å². The monoisotopic (exact) mass is 309 g/mol. The van der Waals surface area contributed by atoms with Crippen LogP contribution in [0.3, 0.4) is 0 Å². The third kappa shape index (κ3) is 5.40. The van der Waals surface area contributed by atoms with Crippen molar-refractivity contribution >= 4 is 22.4 Å². The van der Waals surface area contributed by atoms with Gasteiger partial charge in [-0.15, -0.1) is 11.3 Å². The minimum atomic E-state index is 0.109. The van der Waals surface area contributed by atoms with Crippen LogP contribution in [0.15, 0.2) is 5.38 Å². The van der Waals surface area contributed by atoms with Gasteiger partial charge in [0.05, 0.1) is 5.69 Å². The van der Waals surface area contributed by atoms with Crippen molar-refractivity contribution in [2.45, 2.75) is 64.8 Å². The second kappa shape index (κ2) is 8.49. The van der Waals surface area contributed by atoms with Gasteiger partial charge in [-0.1, -0.05) is 39.0 Å². The summed E-state index contributed by atoms with van der Waals surface area (Å²) in [6, 6.07) is 0.235. The number of rotatable bonds is 7. The molecule has 0 radical (unpaired) electrons. The molecule has 118 valence electrons. The van der Waals surface area contributed by atoms with E-state index in [9.17, 15) is 4.79 Å². The molecule has 1 aromatic rings. The lowest BCUT2D eigenvalue weighted by molar-refractivity contribution is -0.116. The van der Waals surface area contributed by atoms with Crippen molar-refractivity contribution in [3.05, 3.63) is 11.1 Å². The van der Waals surface area contributed by atoms with Crippen molar-refractivity contribution in [3.63, 3.8) is 0 Å². The molecule has 0 aromatic carbocycles. The zero-order chi connectivity index (χ0) is 15.1. The number of hydrogen-bond acceptors (Lipinski definition) is 4. The van der Waals surface area contributed by atoms with E-state index in [1.54, 1.807) is 0 Å². The molecule has 1 saturated carbocycles. The third-order valence-corrected chi connectivity index (χ3v) is 5.00. The fourth-order valence-corrected chi connectivity index (χ4v) is 3.77. The highest BCUT2D eigenvalue weighted by Gasteiger charge is 2.16. The Morgan fingerprint density at radius 1 is 1.43 bits per heavy atom. The van der Waals surface area contributed by atoms with E-state index in [-0.39, 0.29) is 11.9 Å². The van der Waals surface area contributed by atoms with E-state index < -0.39 is 0 Å². The minimum absolute atomic E-state index is 0.109. The maximum absolute atomic E-state index is 12.0. The first-order valence-electron chi connectivity index (χ1n) is 8.17. The van der Waals surface area contributed by atoms with E-state index in [1.807, 2.05) is 5.38 Å². The minimum Gasteiger partial charge on any atom is -0.309 e. The van der Waals surface area contributed by atoms with Gasteiger partial charge in [-0.3, -0.25) is 4.79 Å². The maximum atomic E-state index is 12.0. The molecule has 1 heterocycles. The topological polar surface area (TPSA) is 54.0 Å². The Bertz CT molecular complexity index is 440. The number of nitrogens with zero attached hydrogens (tertiary/aromatic N) is 1. The fourth-order valence-electron chi connectivity index (χ4n) is 2.95. The van der Waals surface area contributed by atoms with Gasteiger partial charge in [0.15, 0.2) is 5.13 Å². The Morgan fingerprint density at radius 2 is 2.19 bits per heavy atom. The zero-order valence-electron chi connectivity index (χ0n) is 13.2. The summed E-state index contributed by atoms with van der Waals surface area (Å²) in [4.78, 5) is 16.5. The summed E-state index contributed by atoms with van der Waals surface area (Å²) in [5.74, 6) is 0.864. The van der Waals surface area contributed by atoms with Crippen LogP contribution in [0.4, 0.5) is 5.13 Å². The van der Waals surface area contributed by atoms with Crippen LogP contribution < -0.4 is 10.6 Å². The number of aromatic nitrogens is 1. The second-order valence-corrected chi connectivity index (χ2v) is 6.81. The summed E-state index contributed by atoms with van der Waals surface area (Å²) in [5.41, 5.74) is 1.00. The Kier molecular flexibility index (Phi) is 6.64. The summed E-state index contributed by atoms with van der Waals surface area (Å²) in [6.07, 6.45) is 8.30. The van der Waals surface area contributed by atoms with Gasteiger partial charge in [0.25, 0.3) is 0 Å². The number of carbonyl (C=O) groups is 1. The Hall–Kier alpha value is -0.940. The van der Waals surface area contributed by atoms with E-state index in [4.69, 9.17) is 0 Å². The smallest absolute Gasteiger partial charge is 0.226 e. The van der Waals surface area contributed by atoms with Crippen LogP contribution in [0.25, 0.3) is 0 Å². The highest BCUT2D eigenvalue weighted by atomic mass is 32.1. The Balaban J connectivity index is 1.74. The van der Waals surface area contributed by atoms with Crippen LogP contribution in [0, 0.1) is 5.92 Å². The average molecular weight is 309 g/mol. The van der Waals surface area contributed by atoms with Gasteiger partial charge < -0.3 is 10.6 Å². The number of nitrogens with one attached hydrogen (secondary N) is 2. The average Bonchev–Trinajstić information content (AvgIpc) is 2.95. The molecule has 0 aliphatic heterocycles. The molecule has 1 fully saturated rings. The quantitative estimate of drug-likeness (QED) is 0.797. The molecule has 4 nitrogen and oxygen atoms in total. The molecule has 2 rings (SSSR count). The van der Waals surface area contributed by atoms with Gasteiger partial charge in [-0.05, 0) is 25.8 Å². The van der Waals surface area contributed by atoms with Crippen LogP contribution in [0.5, 0.6) is 0 Å². The molecule has 0 saturated heterocycles. The molecule has 1 aliphatic rings. The van der Waals surface area contributed by atoms with E-state index in [2.05, 4.69) is 29.5 Å². The van der Waals surface area contributed by atoms with E-state index in [0.717, 1.165) is 29.7 Å². The Morgan fingerprint density at radius 3 is 2.90 bits per heavy atom. The molecule has 2 N–H and O–H groups in total. The summed E-state index contributed by atoms with van der Waals surface area (Å²) >= 11 is 1.51. The van der Waals surface area contributed by atoms with Gasteiger partial charge in [0, 0.05) is 17.8 Å². The van der Waals surface area contributed by atoms with Gasteiger partial charge in [-0.25, -0.2) is 4.98 Å². The molecule has 1 aromatic heterocycles. The van der Waals surface area contributed by atoms with Crippen molar-refractivity contribution in [1.82, 2.24) is 10.3 Å². The van der Waals surface area contributed by atoms with Gasteiger partial charge in [0.2, 0.25) is 5.91 Å². The van der Waals surface area contributed by atoms with Gasteiger partial charge in [0.1, 0.15) is 0 Å². The molecular weight excluding hydrogens is 282 g/mol. The van der Waals surface area contributed by atoms with E-state index >= 15 is 0 Å². The highest BCUT2D eigenvalue weighted by molar-refractivity contribution is 7.13. The predicted molar refractivity (Wildman–Crippen MR) is 88.6 cm³/mol. The number of hydrogen-bond donors (Lipinski definition) is 2. The van der Waals surface area contributed by atoms with Gasteiger partial charge in [-0.2, -0.15) is 0 Å². The van der Waals surface area contributed by atoms with Crippen molar-refractivity contribution in [3.8, 4) is 0 Å². The molecule has 5 heteroatoms. The highest BCUT2D eigenvalue weighted by Crippen LogP contribution is 2.27. The normalized spacial score (nSPS) is 17.6. The summed E-state index contributed by atoms with van der Waals surface area (Å²) in [6.45, 7) is 5.09. The number of thiazole rings is 1. The molecule has 0 bridgehead atoms. The summed E-state index contributed by atoms with van der Waals surface area (Å²) < 4.78 is 0. The number of carbonyl (C=O) groups excluding carboxylic acids is 1. The molecule has 1 atom stereocenters. The fraction of sp³-hybridized carbons (Fsp3) is 0.750. The largest absolute Gasteiger partial charge is 0.309 e. The van der Waals surface area contributed by atoms with Crippen LogP contribution in [0.1, 0.15) is 70.5 Å². The van der Waals surface area contributed by atoms with Crippen molar-refractivity contribution in [2.75, 3.05) is 11.9 Å². The van der Waals surface area contributed by atoms with Crippen LogP contribution >= 0.6 is 11.3 Å². The molecule has 21 heavy (non-hydrogen) atoms. The van der Waals surface area contributed by atoms with Gasteiger partial charge >= 0.3 is 0 Å². The lowest BCUT2D eigenvalue weighted by atomic mass is 9.86. The van der Waals surface area contributed by atoms with E-state index in [0.29, 0.717) is 6.42 Å². The maximum Gasteiger partial charge on any atom is 0.226 e. The lowest BCUT2D eigenvalue weighted by Gasteiger charge is -2.20. The zero-order valence-corrected chi connectivity index (χ0v) is 14.0. The number of amides is 1. The van der Waals surface area contributed by atoms with Crippen LogP contribution in [-0.2, 0) is 4.79 Å². The summed E-state index contributed by atoms with van der Waals surface area (Å²) in [7, 11) is 0. The van der Waals surface area contributed by atoms with Crippen molar-refractivity contribution < 1.29 is 4.79 Å². The third-order valence-electron chi connectivity index (χ3n) is 4.23. The molecule has 1 unspecified atom stereocenters. The standard InChI is InChI=1S/C16H27N3OS/c1-3-17-12(2)14-11-21-16(18-14)19-15(20)10-9-13-7-5-4-6-8-13/h11-13,17H,3-10H2,1-2H3,(H,18,19,20). The first-order valence-corrected chi connectivity index (χ1v) is 9.05. The molecule has 1 aliphatic carbocycles.